The van der Waals surface area contributed by atoms with Gasteiger partial charge >= 0.3 is 0 Å². The van der Waals surface area contributed by atoms with E-state index in [1.54, 1.807) is 0 Å². The first-order valence-electron chi connectivity index (χ1n) is 5.65. The van der Waals surface area contributed by atoms with Gasteiger partial charge in [-0.2, -0.15) is 0 Å². The summed E-state index contributed by atoms with van der Waals surface area (Å²) >= 11 is 0. The molecule has 0 heterocycles. The molecule has 0 aromatic heterocycles. The van der Waals surface area contributed by atoms with E-state index in [4.69, 9.17) is 9.84 Å². The lowest BCUT2D eigenvalue weighted by atomic mass is 10.1. The standard InChI is InChI=1S/C12H17NO5/c1-8(6-14)7-18-12-4-3-10(13(16)17)5-11(12)9(2)15/h3-5,8-9,14-15H,6-7H2,1-2H3/t8?,9-/m1/s1. The first kappa shape index (κ1) is 14.4. The summed E-state index contributed by atoms with van der Waals surface area (Å²) in [5, 5.41) is 29.1. The van der Waals surface area contributed by atoms with Crippen molar-refractivity contribution < 1.29 is 19.9 Å². The van der Waals surface area contributed by atoms with Crippen LogP contribution in [-0.2, 0) is 0 Å². The third kappa shape index (κ3) is 3.68. The molecule has 0 fully saturated rings. The minimum absolute atomic E-state index is 0.00298. The van der Waals surface area contributed by atoms with E-state index in [2.05, 4.69) is 0 Å². The van der Waals surface area contributed by atoms with Crippen LogP contribution < -0.4 is 4.74 Å². The summed E-state index contributed by atoms with van der Waals surface area (Å²) in [5.74, 6) is 0.359. The zero-order valence-corrected chi connectivity index (χ0v) is 10.4. The van der Waals surface area contributed by atoms with Crippen LogP contribution in [0.15, 0.2) is 18.2 Å². The SMILES string of the molecule is CC(CO)COc1ccc([N+](=O)[O-])cc1[C@@H](C)O. The fourth-order valence-electron chi connectivity index (χ4n) is 1.39. The number of hydrogen-bond donors (Lipinski definition) is 2. The number of nitro benzene ring substituents is 1. The van der Waals surface area contributed by atoms with E-state index in [1.807, 2.05) is 6.92 Å². The van der Waals surface area contributed by atoms with Crippen LogP contribution in [0.4, 0.5) is 5.69 Å². The van der Waals surface area contributed by atoms with E-state index < -0.39 is 11.0 Å². The van der Waals surface area contributed by atoms with Crippen molar-refractivity contribution in [3.8, 4) is 5.75 Å². The second-order valence-corrected chi connectivity index (χ2v) is 4.25. The van der Waals surface area contributed by atoms with Crippen molar-refractivity contribution in [2.45, 2.75) is 20.0 Å². The van der Waals surface area contributed by atoms with Gasteiger partial charge in [0.2, 0.25) is 0 Å². The Labute approximate surface area is 105 Å². The van der Waals surface area contributed by atoms with Crippen LogP contribution in [0.1, 0.15) is 25.5 Å². The van der Waals surface area contributed by atoms with Crippen LogP contribution in [0.3, 0.4) is 0 Å². The molecule has 2 atom stereocenters. The summed E-state index contributed by atoms with van der Waals surface area (Å²) in [7, 11) is 0. The van der Waals surface area contributed by atoms with Crippen molar-refractivity contribution >= 4 is 5.69 Å². The van der Waals surface area contributed by atoms with Crippen LogP contribution >= 0.6 is 0 Å². The number of nitrogens with zero attached hydrogens (tertiary/aromatic N) is 1. The molecule has 0 aliphatic heterocycles. The van der Waals surface area contributed by atoms with Gasteiger partial charge < -0.3 is 14.9 Å². The van der Waals surface area contributed by atoms with Gasteiger partial charge in [0.15, 0.2) is 0 Å². The van der Waals surface area contributed by atoms with Gasteiger partial charge in [0.05, 0.1) is 17.6 Å². The lowest BCUT2D eigenvalue weighted by molar-refractivity contribution is -0.385. The summed E-state index contributed by atoms with van der Waals surface area (Å²) in [6.07, 6.45) is -0.857. The first-order valence-corrected chi connectivity index (χ1v) is 5.65. The van der Waals surface area contributed by atoms with E-state index in [1.165, 1.54) is 25.1 Å². The number of rotatable bonds is 6. The quantitative estimate of drug-likeness (QED) is 0.595. The largest absolute Gasteiger partial charge is 0.493 e. The minimum Gasteiger partial charge on any atom is -0.493 e. The Morgan fingerprint density at radius 2 is 2.11 bits per heavy atom. The maximum absolute atomic E-state index is 10.6. The van der Waals surface area contributed by atoms with Gasteiger partial charge in [0, 0.05) is 30.2 Å². The van der Waals surface area contributed by atoms with Gasteiger partial charge in [0.25, 0.3) is 5.69 Å². The second kappa shape index (κ2) is 6.32. The molecule has 1 unspecified atom stereocenters. The maximum Gasteiger partial charge on any atom is 0.270 e. The maximum atomic E-state index is 10.6. The minimum atomic E-state index is -0.857. The molecule has 1 rings (SSSR count). The number of benzene rings is 1. The fraction of sp³-hybridized carbons (Fsp3) is 0.500. The summed E-state index contributed by atoms with van der Waals surface area (Å²) in [4.78, 5) is 10.1. The molecule has 2 N–H and O–H groups in total. The van der Waals surface area contributed by atoms with Crippen molar-refractivity contribution in [3.63, 3.8) is 0 Å². The van der Waals surface area contributed by atoms with Crippen LogP contribution in [0.5, 0.6) is 5.75 Å². The summed E-state index contributed by atoms with van der Waals surface area (Å²) in [6.45, 7) is 3.61. The van der Waals surface area contributed by atoms with Gasteiger partial charge in [-0.1, -0.05) is 6.92 Å². The van der Waals surface area contributed by atoms with Crippen molar-refractivity contribution in [2.24, 2.45) is 5.92 Å². The highest BCUT2D eigenvalue weighted by molar-refractivity contribution is 5.44. The molecule has 100 valence electrons. The molecule has 6 heteroatoms. The number of hydrogen-bond acceptors (Lipinski definition) is 5. The van der Waals surface area contributed by atoms with Gasteiger partial charge in [-0.15, -0.1) is 0 Å². The average Bonchev–Trinajstić information content (AvgIpc) is 2.35. The summed E-state index contributed by atoms with van der Waals surface area (Å²) in [6, 6.07) is 4.08. The Bertz CT molecular complexity index is 419. The molecule has 0 radical (unpaired) electrons. The van der Waals surface area contributed by atoms with Crippen molar-refractivity contribution in [3.05, 3.63) is 33.9 Å². The van der Waals surface area contributed by atoms with E-state index >= 15 is 0 Å². The molecule has 1 aromatic rings. The second-order valence-electron chi connectivity index (χ2n) is 4.25. The zero-order chi connectivity index (χ0) is 13.7. The topological polar surface area (TPSA) is 92.8 Å². The molecule has 0 aliphatic rings. The molecular weight excluding hydrogens is 238 g/mol. The van der Waals surface area contributed by atoms with Gasteiger partial charge in [-0.3, -0.25) is 10.1 Å². The van der Waals surface area contributed by atoms with Gasteiger partial charge in [-0.05, 0) is 13.0 Å². The molecule has 1 aromatic carbocycles. The Morgan fingerprint density at radius 1 is 1.44 bits per heavy atom. The van der Waals surface area contributed by atoms with E-state index in [9.17, 15) is 15.2 Å². The predicted octanol–water partition coefficient (Wildman–Crippen LogP) is 1.66. The number of ether oxygens (including phenoxy) is 1. The van der Waals surface area contributed by atoms with Gasteiger partial charge in [0.1, 0.15) is 5.75 Å². The summed E-state index contributed by atoms with van der Waals surface area (Å²) in [5.41, 5.74) is 0.280. The molecule has 0 spiro atoms. The monoisotopic (exact) mass is 255 g/mol. The normalized spacial score (nSPS) is 14.0. The van der Waals surface area contributed by atoms with Crippen molar-refractivity contribution in [1.29, 1.82) is 0 Å². The highest BCUT2D eigenvalue weighted by atomic mass is 16.6. The van der Waals surface area contributed by atoms with Crippen LogP contribution in [0.25, 0.3) is 0 Å². The lowest BCUT2D eigenvalue weighted by Crippen LogP contribution is -2.13. The van der Waals surface area contributed by atoms with Crippen LogP contribution in [-0.4, -0.2) is 28.4 Å². The van der Waals surface area contributed by atoms with E-state index in [-0.39, 0.29) is 24.8 Å². The van der Waals surface area contributed by atoms with Crippen LogP contribution in [0.2, 0.25) is 0 Å². The Hall–Kier alpha value is -1.66. The molecule has 0 saturated heterocycles. The number of aliphatic hydroxyl groups is 2. The Balaban J connectivity index is 2.93. The average molecular weight is 255 g/mol. The Kier molecular flexibility index (Phi) is 5.06. The highest BCUT2D eigenvalue weighted by Crippen LogP contribution is 2.29. The molecule has 0 aliphatic carbocycles. The summed E-state index contributed by atoms with van der Waals surface area (Å²) < 4.78 is 5.44. The molecule has 6 nitrogen and oxygen atoms in total. The van der Waals surface area contributed by atoms with Crippen molar-refractivity contribution in [1.82, 2.24) is 0 Å². The Morgan fingerprint density at radius 3 is 2.61 bits per heavy atom. The third-order valence-corrected chi connectivity index (χ3v) is 2.49. The smallest absolute Gasteiger partial charge is 0.270 e. The molecule has 0 saturated carbocycles. The van der Waals surface area contributed by atoms with E-state index in [0.29, 0.717) is 11.3 Å². The number of nitro groups is 1. The zero-order valence-electron chi connectivity index (χ0n) is 10.4. The molecule has 0 amide bonds. The third-order valence-electron chi connectivity index (χ3n) is 2.49. The highest BCUT2D eigenvalue weighted by Gasteiger charge is 2.15. The van der Waals surface area contributed by atoms with E-state index in [0.717, 1.165) is 0 Å². The lowest BCUT2D eigenvalue weighted by Gasteiger charge is -2.15. The first-order chi connectivity index (χ1) is 8.45. The van der Waals surface area contributed by atoms with Crippen LogP contribution in [0, 0.1) is 16.0 Å². The molecule has 0 bridgehead atoms. The number of non-ortho nitro benzene ring substituents is 1. The molecular formula is C12H17NO5. The fourth-order valence-corrected chi connectivity index (χ4v) is 1.39. The molecule has 18 heavy (non-hydrogen) atoms. The van der Waals surface area contributed by atoms with Crippen molar-refractivity contribution in [2.75, 3.05) is 13.2 Å². The number of aliphatic hydroxyl groups excluding tert-OH is 2. The van der Waals surface area contributed by atoms with Gasteiger partial charge in [-0.25, -0.2) is 0 Å². The predicted molar refractivity (Wildman–Crippen MR) is 65.5 cm³/mol.